The number of carbonyl (C=O) groups is 2. The van der Waals surface area contributed by atoms with E-state index in [-0.39, 0.29) is 23.8 Å². The molecule has 2 N–H and O–H groups in total. The van der Waals surface area contributed by atoms with Crippen molar-refractivity contribution in [3.05, 3.63) is 53.6 Å². The normalized spacial score (nSPS) is 15.5. The van der Waals surface area contributed by atoms with Crippen molar-refractivity contribution in [1.29, 1.82) is 0 Å². The molecule has 1 aliphatic rings. The van der Waals surface area contributed by atoms with Gasteiger partial charge in [0.05, 0.1) is 12.8 Å². The lowest BCUT2D eigenvalue weighted by molar-refractivity contribution is -0.121. The highest BCUT2D eigenvalue weighted by atomic mass is 35.5. The maximum atomic E-state index is 12.7. The predicted octanol–water partition coefficient (Wildman–Crippen LogP) is 4.87. The molecule has 0 bridgehead atoms. The molecule has 154 valence electrons. The molecule has 0 aromatic heterocycles. The number of ether oxygens (including phenoxy) is 1. The van der Waals surface area contributed by atoms with Gasteiger partial charge in [-0.2, -0.15) is 0 Å². The minimum Gasteiger partial charge on any atom is -0.495 e. The van der Waals surface area contributed by atoms with Crippen molar-refractivity contribution >= 4 is 34.9 Å². The quantitative estimate of drug-likeness (QED) is 0.732. The van der Waals surface area contributed by atoms with Crippen LogP contribution in [0.1, 0.15) is 19.8 Å². The van der Waals surface area contributed by atoms with Crippen LogP contribution in [0.25, 0.3) is 0 Å². The lowest BCUT2D eigenvalue weighted by Gasteiger charge is -2.34. The molecule has 6 nitrogen and oxygen atoms in total. The van der Waals surface area contributed by atoms with Crippen LogP contribution in [0.15, 0.2) is 48.5 Å². The van der Waals surface area contributed by atoms with Gasteiger partial charge in [0, 0.05) is 29.7 Å². The van der Waals surface area contributed by atoms with E-state index in [2.05, 4.69) is 10.6 Å². The zero-order chi connectivity index (χ0) is 20.8. The molecule has 7 heteroatoms. The molecule has 0 spiro atoms. The molecule has 3 rings (SSSR count). The minimum atomic E-state index is -0.182. The monoisotopic (exact) mass is 415 g/mol. The number of benzene rings is 2. The summed E-state index contributed by atoms with van der Waals surface area (Å²) >= 11 is 6.04. The standard InChI is InChI=1S/C22H26ClN3O3/c1-15(21(27)25-19-14-17(23)8-9-20(19)29-2)16-10-12-26(13-11-16)22(28)24-18-6-4-3-5-7-18/h3-9,14-16H,10-13H2,1-2H3,(H,24,28)(H,25,27). The van der Waals surface area contributed by atoms with Gasteiger partial charge in [-0.1, -0.05) is 36.7 Å². The second kappa shape index (κ2) is 9.65. The Kier molecular flexibility index (Phi) is 6.99. The van der Waals surface area contributed by atoms with Crippen molar-refractivity contribution in [2.24, 2.45) is 11.8 Å². The minimum absolute atomic E-state index is 0.0715. The first kappa shape index (κ1) is 21.0. The van der Waals surface area contributed by atoms with E-state index in [0.29, 0.717) is 29.5 Å². The average molecular weight is 416 g/mol. The first-order valence-electron chi connectivity index (χ1n) is 9.73. The van der Waals surface area contributed by atoms with Crippen LogP contribution < -0.4 is 15.4 Å². The number of para-hydroxylation sites is 1. The summed E-state index contributed by atoms with van der Waals surface area (Å²) in [7, 11) is 1.55. The molecule has 0 aliphatic carbocycles. The number of piperidine rings is 1. The summed E-state index contributed by atoms with van der Waals surface area (Å²) < 4.78 is 5.29. The topological polar surface area (TPSA) is 70.7 Å². The Hall–Kier alpha value is -2.73. The van der Waals surface area contributed by atoms with E-state index in [1.165, 1.54) is 0 Å². The number of rotatable bonds is 5. The SMILES string of the molecule is COc1ccc(Cl)cc1NC(=O)C(C)C1CCN(C(=O)Nc2ccccc2)CC1. The summed E-state index contributed by atoms with van der Waals surface area (Å²) in [5, 5.41) is 6.37. The molecule has 29 heavy (non-hydrogen) atoms. The highest BCUT2D eigenvalue weighted by Crippen LogP contribution is 2.30. The molecule has 0 radical (unpaired) electrons. The van der Waals surface area contributed by atoms with Crippen LogP contribution in [-0.2, 0) is 4.79 Å². The Morgan fingerprint density at radius 3 is 2.45 bits per heavy atom. The van der Waals surface area contributed by atoms with Gasteiger partial charge >= 0.3 is 6.03 Å². The number of anilines is 2. The van der Waals surface area contributed by atoms with Crippen LogP contribution in [0, 0.1) is 11.8 Å². The summed E-state index contributed by atoms with van der Waals surface area (Å²) in [5.41, 5.74) is 1.35. The molecule has 1 heterocycles. The zero-order valence-corrected chi connectivity index (χ0v) is 17.4. The summed E-state index contributed by atoms with van der Waals surface area (Å²) in [6.07, 6.45) is 1.56. The number of hydrogen-bond donors (Lipinski definition) is 2. The van der Waals surface area contributed by atoms with Crippen LogP contribution in [-0.4, -0.2) is 37.0 Å². The number of carbonyl (C=O) groups excluding carboxylic acids is 2. The molecular weight excluding hydrogens is 390 g/mol. The molecule has 2 aromatic carbocycles. The van der Waals surface area contributed by atoms with Crippen LogP contribution in [0.2, 0.25) is 5.02 Å². The zero-order valence-electron chi connectivity index (χ0n) is 16.7. The summed E-state index contributed by atoms with van der Waals surface area (Å²) in [6.45, 7) is 3.18. The molecular formula is C22H26ClN3O3. The van der Waals surface area contributed by atoms with Crippen molar-refractivity contribution in [2.45, 2.75) is 19.8 Å². The van der Waals surface area contributed by atoms with Gasteiger partial charge in [0.25, 0.3) is 0 Å². The fraction of sp³-hybridized carbons (Fsp3) is 0.364. The Morgan fingerprint density at radius 2 is 1.79 bits per heavy atom. The molecule has 3 amide bonds. The third kappa shape index (κ3) is 5.41. The highest BCUT2D eigenvalue weighted by molar-refractivity contribution is 6.31. The molecule has 2 aromatic rings. The summed E-state index contributed by atoms with van der Waals surface area (Å²) in [4.78, 5) is 27.0. The maximum absolute atomic E-state index is 12.7. The van der Waals surface area contributed by atoms with Gasteiger partial charge in [0.1, 0.15) is 5.75 Å². The van der Waals surface area contributed by atoms with Crippen LogP contribution in [0.4, 0.5) is 16.2 Å². The number of methoxy groups -OCH3 is 1. The van der Waals surface area contributed by atoms with Gasteiger partial charge in [-0.25, -0.2) is 4.79 Å². The number of likely N-dealkylation sites (tertiary alicyclic amines) is 1. The van der Waals surface area contributed by atoms with Crippen molar-refractivity contribution in [3.8, 4) is 5.75 Å². The van der Waals surface area contributed by atoms with Crippen molar-refractivity contribution < 1.29 is 14.3 Å². The van der Waals surface area contributed by atoms with Crippen LogP contribution in [0.5, 0.6) is 5.75 Å². The van der Waals surface area contributed by atoms with Crippen LogP contribution >= 0.6 is 11.6 Å². The molecule has 1 atom stereocenters. The largest absolute Gasteiger partial charge is 0.495 e. The van der Waals surface area contributed by atoms with Gasteiger partial charge in [-0.15, -0.1) is 0 Å². The highest BCUT2D eigenvalue weighted by Gasteiger charge is 2.30. The number of amides is 3. The van der Waals surface area contributed by atoms with Gasteiger partial charge in [0.2, 0.25) is 5.91 Å². The Bertz CT molecular complexity index is 852. The van der Waals surface area contributed by atoms with E-state index in [9.17, 15) is 9.59 Å². The number of nitrogens with zero attached hydrogens (tertiary/aromatic N) is 1. The Morgan fingerprint density at radius 1 is 1.10 bits per heavy atom. The number of halogens is 1. The first-order valence-corrected chi connectivity index (χ1v) is 10.1. The van der Waals surface area contributed by atoms with Gasteiger partial charge in [-0.05, 0) is 49.1 Å². The first-order chi connectivity index (χ1) is 14.0. The molecule has 1 saturated heterocycles. The third-order valence-electron chi connectivity index (χ3n) is 5.39. The van der Waals surface area contributed by atoms with Gasteiger partial charge < -0.3 is 20.3 Å². The lowest BCUT2D eigenvalue weighted by Crippen LogP contribution is -2.43. The van der Waals surface area contributed by atoms with E-state index >= 15 is 0 Å². The molecule has 0 saturated carbocycles. The van der Waals surface area contributed by atoms with E-state index in [1.807, 2.05) is 37.3 Å². The predicted molar refractivity (Wildman–Crippen MR) is 116 cm³/mol. The fourth-order valence-electron chi connectivity index (χ4n) is 3.57. The van der Waals surface area contributed by atoms with Crippen molar-refractivity contribution in [1.82, 2.24) is 4.90 Å². The van der Waals surface area contributed by atoms with Crippen molar-refractivity contribution in [3.63, 3.8) is 0 Å². The van der Waals surface area contributed by atoms with Gasteiger partial charge in [0.15, 0.2) is 0 Å². The van der Waals surface area contributed by atoms with Crippen molar-refractivity contribution in [2.75, 3.05) is 30.8 Å². The summed E-state index contributed by atoms with van der Waals surface area (Å²) in [5.74, 6) is 0.527. The van der Waals surface area contributed by atoms with Gasteiger partial charge in [-0.3, -0.25) is 4.79 Å². The third-order valence-corrected chi connectivity index (χ3v) is 5.63. The average Bonchev–Trinajstić information content (AvgIpc) is 2.74. The summed E-state index contributed by atoms with van der Waals surface area (Å²) in [6, 6.07) is 14.4. The number of urea groups is 1. The molecule has 1 aliphatic heterocycles. The van der Waals surface area contributed by atoms with Crippen LogP contribution in [0.3, 0.4) is 0 Å². The number of hydrogen-bond acceptors (Lipinski definition) is 3. The maximum Gasteiger partial charge on any atom is 0.321 e. The fourth-order valence-corrected chi connectivity index (χ4v) is 3.74. The molecule has 1 fully saturated rings. The van der Waals surface area contributed by atoms with E-state index in [0.717, 1.165) is 18.5 Å². The van der Waals surface area contributed by atoms with E-state index in [1.54, 1.807) is 30.2 Å². The lowest BCUT2D eigenvalue weighted by atomic mass is 9.85. The second-order valence-electron chi connectivity index (χ2n) is 7.24. The molecule has 1 unspecified atom stereocenters. The number of nitrogens with one attached hydrogen (secondary N) is 2. The Balaban J connectivity index is 1.53. The second-order valence-corrected chi connectivity index (χ2v) is 7.68. The smallest absolute Gasteiger partial charge is 0.321 e. The van der Waals surface area contributed by atoms with E-state index < -0.39 is 0 Å². The van der Waals surface area contributed by atoms with E-state index in [4.69, 9.17) is 16.3 Å². The Labute approximate surface area is 176 Å².